The monoisotopic (exact) mass is 344 g/mol. The van der Waals surface area contributed by atoms with E-state index in [2.05, 4.69) is 5.32 Å². The molecular formula is C17H32N2O5. The summed E-state index contributed by atoms with van der Waals surface area (Å²) in [5, 5.41) is 2.86. The van der Waals surface area contributed by atoms with Gasteiger partial charge in [0.05, 0.1) is 13.2 Å². The summed E-state index contributed by atoms with van der Waals surface area (Å²) >= 11 is 0. The number of carbonyl (C=O) groups is 2. The summed E-state index contributed by atoms with van der Waals surface area (Å²) in [5.41, 5.74) is -0.501. The average Bonchev–Trinajstić information content (AvgIpc) is 2.49. The molecule has 0 saturated carbocycles. The second-order valence-corrected chi connectivity index (χ2v) is 6.97. The molecule has 1 heterocycles. The van der Waals surface area contributed by atoms with Gasteiger partial charge in [0.25, 0.3) is 0 Å². The number of rotatable bonds is 8. The Labute approximate surface area is 145 Å². The molecule has 1 aliphatic rings. The molecule has 7 heteroatoms. The van der Waals surface area contributed by atoms with Crippen LogP contribution in [0.5, 0.6) is 0 Å². The molecule has 2 amide bonds. The standard InChI is InChI=1S/C17H32N2O5/c1-5-10-22-11-12-23-13-15(20)19-8-6-14(7-9-19)18-16(21)24-17(2,3)4/h14H,5-13H2,1-4H3,(H,18,21). The van der Waals surface area contributed by atoms with Crippen molar-refractivity contribution in [2.75, 3.05) is 39.5 Å². The van der Waals surface area contributed by atoms with Crippen molar-refractivity contribution in [3.8, 4) is 0 Å². The van der Waals surface area contributed by atoms with E-state index in [4.69, 9.17) is 14.2 Å². The molecule has 1 fully saturated rings. The van der Waals surface area contributed by atoms with E-state index in [1.165, 1.54) is 0 Å². The number of piperidine rings is 1. The summed E-state index contributed by atoms with van der Waals surface area (Å²) in [6.45, 7) is 10.5. The molecule has 0 spiro atoms. The van der Waals surface area contributed by atoms with Gasteiger partial charge >= 0.3 is 6.09 Å². The molecule has 0 aliphatic carbocycles. The van der Waals surface area contributed by atoms with Crippen molar-refractivity contribution in [3.05, 3.63) is 0 Å². The van der Waals surface area contributed by atoms with Crippen molar-refractivity contribution in [1.29, 1.82) is 0 Å². The van der Waals surface area contributed by atoms with Crippen LogP contribution in [0.15, 0.2) is 0 Å². The van der Waals surface area contributed by atoms with Crippen LogP contribution in [0.25, 0.3) is 0 Å². The molecular weight excluding hydrogens is 312 g/mol. The summed E-state index contributed by atoms with van der Waals surface area (Å²) in [6, 6.07) is 0.0484. The van der Waals surface area contributed by atoms with E-state index >= 15 is 0 Å². The van der Waals surface area contributed by atoms with Gasteiger partial charge in [0.2, 0.25) is 5.91 Å². The zero-order chi connectivity index (χ0) is 18.0. The molecule has 0 aromatic heterocycles. The topological polar surface area (TPSA) is 77.1 Å². The lowest BCUT2D eigenvalue weighted by molar-refractivity contribution is -0.137. The Kier molecular flexibility index (Phi) is 9.07. The molecule has 0 atom stereocenters. The number of nitrogens with one attached hydrogen (secondary N) is 1. The fraction of sp³-hybridized carbons (Fsp3) is 0.882. The third-order valence-electron chi connectivity index (χ3n) is 3.51. The van der Waals surface area contributed by atoms with Gasteiger partial charge in [-0.05, 0) is 40.0 Å². The van der Waals surface area contributed by atoms with E-state index in [1.54, 1.807) is 4.90 Å². The lowest BCUT2D eigenvalue weighted by Crippen LogP contribution is -2.48. The van der Waals surface area contributed by atoms with E-state index in [9.17, 15) is 9.59 Å². The van der Waals surface area contributed by atoms with Crippen molar-refractivity contribution >= 4 is 12.0 Å². The zero-order valence-electron chi connectivity index (χ0n) is 15.4. The third kappa shape index (κ3) is 9.08. The highest BCUT2D eigenvalue weighted by atomic mass is 16.6. The van der Waals surface area contributed by atoms with Crippen LogP contribution in [0, 0.1) is 0 Å². The first kappa shape index (κ1) is 20.7. The van der Waals surface area contributed by atoms with Crippen LogP contribution in [-0.4, -0.2) is 68.1 Å². The van der Waals surface area contributed by atoms with Gasteiger partial charge in [0.1, 0.15) is 12.2 Å². The van der Waals surface area contributed by atoms with Crippen molar-refractivity contribution in [1.82, 2.24) is 10.2 Å². The smallest absolute Gasteiger partial charge is 0.407 e. The first-order valence-electron chi connectivity index (χ1n) is 8.74. The third-order valence-corrected chi connectivity index (χ3v) is 3.51. The zero-order valence-corrected chi connectivity index (χ0v) is 15.4. The quantitative estimate of drug-likeness (QED) is 0.681. The number of ether oxygens (including phenoxy) is 3. The number of hydrogen-bond donors (Lipinski definition) is 1. The van der Waals surface area contributed by atoms with Crippen LogP contribution in [-0.2, 0) is 19.0 Å². The molecule has 0 aromatic carbocycles. The molecule has 7 nitrogen and oxygen atoms in total. The molecule has 24 heavy (non-hydrogen) atoms. The highest BCUT2D eigenvalue weighted by Gasteiger charge is 2.25. The van der Waals surface area contributed by atoms with Gasteiger partial charge in [-0.25, -0.2) is 4.79 Å². The minimum atomic E-state index is -0.501. The Morgan fingerprint density at radius 2 is 1.71 bits per heavy atom. The Morgan fingerprint density at radius 3 is 2.29 bits per heavy atom. The fourth-order valence-corrected chi connectivity index (χ4v) is 2.36. The second kappa shape index (κ2) is 10.5. The lowest BCUT2D eigenvalue weighted by atomic mass is 10.1. The maximum Gasteiger partial charge on any atom is 0.407 e. The molecule has 1 aliphatic heterocycles. The minimum absolute atomic E-state index is 0.0128. The van der Waals surface area contributed by atoms with Gasteiger partial charge in [-0.15, -0.1) is 0 Å². The molecule has 0 bridgehead atoms. The Bertz CT molecular complexity index is 387. The molecule has 1 rings (SSSR count). The SMILES string of the molecule is CCCOCCOCC(=O)N1CCC(NC(=O)OC(C)(C)C)CC1. The van der Waals surface area contributed by atoms with Crippen molar-refractivity contribution < 1.29 is 23.8 Å². The summed E-state index contributed by atoms with van der Waals surface area (Å²) in [7, 11) is 0. The van der Waals surface area contributed by atoms with Gasteiger partial charge in [-0.1, -0.05) is 6.92 Å². The number of alkyl carbamates (subject to hydrolysis) is 1. The van der Waals surface area contributed by atoms with Crippen LogP contribution >= 0.6 is 0 Å². The number of carbonyl (C=O) groups excluding carboxylic acids is 2. The van der Waals surface area contributed by atoms with E-state index in [0.29, 0.717) is 26.3 Å². The summed E-state index contributed by atoms with van der Waals surface area (Å²) < 4.78 is 15.9. The summed E-state index contributed by atoms with van der Waals surface area (Å²) in [4.78, 5) is 25.6. The summed E-state index contributed by atoms with van der Waals surface area (Å²) in [5.74, 6) is -0.0128. The molecule has 1 N–H and O–H groups in total. The normalized spacial score (nSPS) is 16.1. The lowest BCUT2D eigenvalue weighted by Gasteiger charge is -2.32. The number of hydrogen-bond acceptors (Lipinski definition) is 5. The highest BCUT2D eigenvalue weighted by molar-refractivity contribution is 5.77. The maximum absolute atomic E-state index is 12.1. The number of nitrogens with zero attached hydrogens (tertiary/aromatic N) is 1. The maximum atomic E-state index is 12.1. The van der Waals surface area contributed by atoms with Gasteiger partial charge < -0.3 is 24.4 Å². The highest BCUT2D eigenvalue weighted by Crippen LogP contribution is 2.12. The first-order chi connectivity index (χ1) is 11.3. The minimum Gasteiger partial charge on any atom is -0.444 e. The number of amides is 2. The predicted molar refractivity (Wildman–Crippen MR) is 90.9 cm³/mol. The first-order valence-corrected chi connectivity index (χ1v) is 8.74. The summed E-state index contributed by atoms with van der Waals surface area (Å²) in [6.07, 6.45) is 2.03. The van der Waals surface area contributed by atoms with Crippen molar-refractivity contribution in [2.45, 2.75) is 58.6 Å². The van der Waals surface area contributed by atoms with Crippen LogP contribution < -0.4 is 5.32 Å². The van der Waals surface area contributed by atoms with Crippen molar-refractivity contribution in [3.63, 3.8) is 0 Å². The van der Waals surface area contributed by atoms with Crippen LogP contribution in [0.1, 0.15) is 47.0 Å². The van der Waals surface area contributed by atoms with Crippen LogP contribution in [0.4, 0.5) is 4.79 Å². The molecule has 0 radical (unpaired) electrons. The van der Waals surface area contributed by atoms with E-state index in [-0.39, 0.29) is 18.6 Å². The van der Waals surface area contributed by atoms with E-state index in [0.717, 1.165) is 25.9 Å². The van der Waals surface area contributed by atoms with Gasteiger partial charge in [-0.3, -0.25) is 4.79 Å². The molecule has 140 valence electrons. The van der Waals surface area contributed by atoms with Gasteiger partial charge in [0, 0.05) is 25.7 Å². The average molecular weight is 344 g/mol. The van der Waals surface area contributed by atoms with Gasteiger partial charge in [0.15, 0.2) is 0 Å². The van der Waals surface area contributed by atoms with Crippen LogP contribution in [0.3, 0.4) is 0 Å². The van der Waals surface area contributed by atoms with Crippen molar-refractivity contribution in [2.24, 2.45) is 0 Å². The van der Waals surface area contributed by atoms with Crippen LogP contribution in [0.2, 0.25) is 0 Å². The largest absolute Gasteiger partial charge is 0.444 e. The molecule has 1 saturated heterocycles. The second-order valence-electron chi connectivity index (χ2n) is 6.97. The predicted octanol–water partition coefficient (Wildman–Crippen LogP) is 1.95. The Balaban J connectivity index is 2.16. The fourth-order valence-electron chi connectivity index (χ4n) is 2.36. The Morgan fingerprint density at radius 1 is 1.08 bits per heavy atom. The van der Waals surface area contributed by atoms with E-state index in [1.807, 2.05) is 27.7 Å². The molecule has 0 unspecified atom stereocenters. The number of likely N-dealkylation sites (tertiary alicyclic amines) is 1. The molecule has 0 aromatic rings. The van der Waals surface area contributed by atoms with E-state index < -0.39 is 11.7 Å². The Hall–Kier alpha value is -1.34. The van der Waals surface area contributed by atoms with Gasteiger partial charge in [-0.2, -0.15) is 0 Å².